The SMILES string of the molecule is CC1(OP)C=CC=CC1. The molecule has 0 amide bonds. The average Bonchev–Trinajstić information content (AvgIpc) is 1.90. The molecule has 1 aliphatic rings. The molecule has 0 aromatic carbocycles. The van der Waals surface area contributed by atoms with E-state index in [4.69, 9.17) is 4.52 Å². The lowest BCUT2D eigenvalue weighted by molar-refractivity contribution is 0.175. The Kier molecular flexibility index (Phi) is 2.05. The first-order valence-corrected chi connectivity index (χ1v) is 3.46. The van der Waals surface area contributed by atoms with Gasteiger partial charge in [-0.15, -0.1) is 0 Å². The molecule has 0 bridgehead atoms. The van der Waals surface area contributed by atoms with Crippen molar-refractivity contribution in [2.75, 3.05) is 0 Å². The van der Waals surface area contributed by atoms with Gasteiger partial charge in [0.2, 0.25) is 0 Å². The molecule has 0 saturated heterocycles. The third-order valence-electron chi connectivity index (χ3n) is 1.49. The van der Waals surface area contributed by atoms with Crippen LogP contribution in [0.3, 0.4) is 0 Å². The molecule has 0 N–H and O–H groups in total. The first-order chi connectivity index (χ1) is 4.27. The van der Waals surface area contributed by atoms with Gasteiger partial charge in [-0.25, -0.2) is 0 Å². The van der Waals surface area contributed by atoms with Crippen LogP contribution in [-0.4, -0.2) is 5.60 Å². The third-order valence-corrected chi connectivity index (χ3v) is 2.03. The summed E-state index contributed by atoms with van der Waals surface area (Å²) in [5.41, 5.74) is -0.0839. The normalized spacial score (nSPS) is 33.1. The summed E-state index contributed by atoms with van der Waals surface area (Å²) in [5.74, 6) is 0. The number of hydrogen-bond donors (Lipinski definition) is 0. The Hall–Kier alpha value is -0.130. The van der Waals surface area contributed by atoms with E-state index in [0.717, 1.165) is 6.42 Å². The Labute approximate surface area is 58.1 Å². The second-order valence-corrected chi connectivity index (χ2v) is 2.66. The molecule has 1 nitrogen and oxygen atoms in total. The van der Waals surface area contributed by atoms with Gasteiger partial charge in [0.25, 0.3) is 0 Å². The zero-order chi connectivity index (χ0) is 6.74. The van der Waals surface area contributed by atoms with E-state index in [2.05, 4.69) is 28.5 Å². The van der Waals surface area contributed by atoms with E-state index < -0.39 is 0 Å². The standard InChI is InChI=1S/C7H11OP/c1-7(8-9)5-3-2-4-6-7/h2-5H,6,9H2,1H3. The highest BCUT2D eigenvalue weighted by molar-refractivity contribution is 7.09. The zero-order valence-corrected chi connectivity index (χ0v) is 6.66. The second kappa shape index (κ2) is 2.64. The number of rotatable bonds is 1. The molecular formula is C7H11OP. The third kappa shape index (κ3) is 1.64. The summed E-state index contributed by atoms with van der Waals surface area (Å²) in [7, 11) is 2.29. The van der Waals surface area contributed by atoms with E-state index >= 15 is 0 Å². The van der Waals surface area contributed by atoms with E-state index in [1.54, 1.807) is 0 Å². The van der Waals surface area contributed by atoms with Crippen LogP contribution in [0.2, 0.25) is 0 Å². The van der Waals surface area contributed by atoms with E-state index in [-0.39, 0.29) is 5.60 Å². The molecule has 2 unspecified atom stereocenters. The Morgan fingerprint density at radius 2 is 2.33 bits per heavy atom. The molecule has 1 aliphatic carbocycles. The average molecular weight is 142 g/mol. The van der Waals surface area contributed by atoms with Crippen LogP contribution in [0, 0.1) is 0 Å². The summed E-state index contributed by atoms with van der Waals surface area (Å²) >= 11 is 0. The summed E-state index contributed by atoms with van der Waals surface area (Å²) < 4.78 is 5.16. The first kappa shape index (κ1) is 6.98. The molecule has 0 aromatic heterocycles. The molecule has 2 atom stereocenters. The molecule has 9 heavy (non-hydrogen) atoms. The van der Waals surface area contributed by atoms with Crippen molar-refractivity contribution < 1.29 is 4.52 Å². The van der Waals surface area contributed by atoms with Gasteiger partial charge in [0, 0.05) is 9.47 Å². The fourth-order valence-electron chi connectivity index (χ4n) is 0.795. The molecule has 0 spiro atoms. The summed E-state index contributed by atoms with van der Waals surface area (Å²) in [6.07, 6.45) is 9.16. The molecule has 2 heteroatoms. The maximum atomic E-state index is 5.16. The smallest absolute Gasteiger partial charge is 0.0907 e. The maximum Gasteiger partial charge on any atom is 0.0907 e. The van der Waals surface area contributed by atoms with Gasteiger partial charge in [0.05, 0.1) is 5.60 Å². The molecule has 0 aromatic rings. The Balaban J connectivity index is 2.63. The van der Waals surface area contributed by atoms with Crippen molar-refractivity contribution in [1.82, 2.24) is 0 Å². The van der Waals surface area contributed by atoms with Crippen LogP contribution >= 0.6 is 9.47 Å². The molecule has 50 valence electrons. The van der Waals surface area contributed by atoms with E-state index in [1.165, 1.54) is 0 Å². The van der Waals surface area contributed by atoms with Crippen LogP contribution in [0.5, 0.6) is 0 Å². The lowest BCUT2D eigenvalue weighted by Crippen LogP contribution is -2.21. The highest BCUT2D eigenvalue weighted by Gasteiger charge is 2.18. The predicted molar refractivity (Wildman–Crippen MR) is 42.1 cm³/mol. The number of allylic oxidation sites excluding steroid dienone is 2. The Morgan fingerprint density at radius 3 is 2.67 bits per heavy atom. The summed E-state index contributed by atoms with van der Waals surface area (Å²) in [6, 6.07) is 0. The second-order valence-electron chi connectivity index (χ2n) is 2.42. The van der Waals surface area contributed by atoms with Crippen molar-refractivity contribution >= 4 is 9.47 Å². The van der Waals surface area contributed by atoms with Gasteiger partial charge in [0.1, 0.15) is 0 Å². The fraction of sp³-hybridized carbons (Fsp3) is 0.429. The highest BCUT2D eigenvalue weighted by Crippen LogP contribution is 2.23. The van der Waals surface area contributed by atoms with Gasteiger partial charge in [-0.2, -0.15) is 0 Å². The fourth-order valence-corrected chi connectivity index (χ4v) is 0.970. The lowest BCUT2D eigenvalue weighted by atomic mass is 9.98. The maximum absolute atomic E-state index is 5.16. The highest BCUT2D eigenvalue weighted by atomic mass is 31.0. The van der Waals surface area contributed by atoms with Crippen LogP contribution < -0.4 is 0 Å². The largest absolute Gasteiger partial charge is 0.355 e. The molecule has 0 heterocycles. The molecule has 0 radical (unpaired) electrons. The minimum Gasteiger partial charge on any atom is -0.355 e. The molecule has 1 rings (SSSR count). The van der Waals surface area contributed by atoms with Crippen molar-refractivity contribution in [1.29, 1.82) is 0 Å². The minimum absolute atomic E-state index is 0.0839. The zero-order valence-electron chi connectivity index (χ0n) is 5.50. The minimum atomic E-state index is -0.0839. The predicted octanol–water partition coefficient (Wildman–Crippen LogP) is 2.07. The lowest BCUT2D eigenvalue weighted by Gasteiger charge is -2.23. The monoisotopic (exact) mass is 142 g/mol. The topological polar surface area (TPSA) is 9.23 Å². The molecular weight excluding hydrogens is 131 g/mol. The van der Waals surface area contributed by atoms with Gasteiger partial charge in [-0.05, 0) is 13.3 Å². The Morgan fingerprint density at radius 1 is 1.56 bits per heavy atom. The summed E-state index contributed by atoms with van der Waals surface area (Å²) in [6.45, 7) is 2.06. The van der Waals surface area contributed by atoms with Crippen molar-refractivity contribution in [3.8, 4) is 0 Å². The van der Waals surface area contributed by atoms with Gasteiger partial charge >= 0.3 is 0 Å². The van der Waals surface area contributed by atoms with Crippen molar-refractivity contribution in [3.05, 3.63) is 24.3 Å². The van der Waals surface area contributed by atoms with Gasteiger partial charge < -0.3 is 4.52 Å². The van der Waals surface area contributed by atoms with Crippen LogP contribution in [0.1, 0.15) is 13.3 Å². The van der Waals surface area contributed by atoms with E-state index in [1.807, 2.05) is 12.2 Å². The van der Waals surface area contributed by atoms with Crippen LogP contribution in [0.25, 0.3) is 0 Å². The summed E-state index contributed by atoms with van der Waals surface area (Å²) in [5, 5.41) is 0. The van der Waals surface area contributed by atoms with Crippen molar-refractivity contribution in [3.63, 3.8) is 0 Å². The van der Waals surface area contributed by atoms with Gasteiger partial charge in [-0.3, -0.25) is 0 Å². The molecule has 0 fully saturated rings. The quantitative estimate of drug-likeness (QED) is 0.509. The Bertz CT molecular complexity index is 151. The van der Waals surface area contributed by atoms with Gasteiger partial charge in [0.15, 0.2) is 0 Å². The first-order valence-electron chi connectivity index (χ1n) is 2.99. The van der Waals surface area contributed by atoms with E-state index in [9.17, 15) is 0 Å². The van der Waals surface area contributed by atoms with Crippen LogP contribution in [-0.2, 0) is 4.52 Å². The molecule has 0 aliphatic heterocycles. The van der Waals surface area contributed by atoms with Gasteiger partial charge in [-0.1, -0.05) is 24.3 Å². The van der Waals surface area contributed by atoms with Crippen molar-refractivity contribution in [2.24, 2.45) is 0 Å². The van der Waals surface area contributed by atoms with E-state index in [0.29, 0.717) is 0 Å². The van der Waals surface area contributed by atoms with Crippen LogP contribution in [0.4, 0.5) is 0 Å². The molecule has 0 saturated carbocycles. The van der Waals surface area contributed by atoms with Crippen LogP contribution in [0.15, 0.2) is 24.3 Å². The van der Waals surface area contributed by atoms with Crippen molar-refractivity contribution in [2.45, 2.75) is 18.9 Å². The number of hydrogen-bond acceptors (Lipinski definition) is 1. The summed E-state index contributed by atoms with van der Waals surface area (Å²) in [4.78, 5) is 0.